The second-order valence-corrected chi connectivity index (χ2v) is 9.06. The summed E-state index contributed by atoms with van der Waals surface area (Å²) in [6.07, 6.45) is 5.87. The molecule has 0 fully saturated rings. The molecule has 1 unspecified atom stereocenters. The van der Waals surface area contributed by atoms with E-state index in [9.17, 15) is 9.59 Å². The van der Waals surface area contributed by atoms with Crippen molar-refractivity contribution < 1.29 is 23.8 Å². The van der Waals surface area contributed by atoms with Gasteiger partial charge >= 0.3 is 11.7 Å². The zero-order chi connectivity index (χ0) is 27.4. The van der Waals surface area contributed by atoms with Crippen molar-refractivity contribution in [3.8, 4) is 22.8 Å². The van der Waals surface area contributed by atoms with E-state index < -0.39 is 23.6 Å². The molecule has 3 N–H and O–H groups in total. The fourth-order valence-electron chi connectivity index (χ4n) is 4.33. The monoisotopic (exact) mass is 545 g/mol. The van der Waals surface area contributed by atoms with Crippen LogP contribution in [-0.2, 0) is 20.7 Å². The number of nitrogens with one attached hydrogen (secondary N) is 1. The average molecular weight is 546 g/mol. The van der Waals surface area contributed by atoms with Crippen LogP contribution in [0.2, 0.25) is 5.02 Å². The van der Waals surface area contributed by atoms with Gasteiger partial charge in [0.1, 0.15) is 24.3 Å². The number of pyridine rings is 1. The largest absolute Gasteiger partial charge is 0.496 e. The molecule has 10 nitrogen and oxygen atoms in total. The minimum absolute atomic E-state index is 0.202. The molecule has 0 saturated carbocycles. The van der Waals surface area contributed by atoms with Crippen molar-refractivity contribution >= 4 is 23.4 Å². The molecule has 2 aromatic heterocycles. The van der Waals surface area contributed by atoms with Crippen LogP contribution in [0.5, 0.6) is 5.75 Å². The van der Waals surface area contributed by atoms with Crippen molar-refractivity contribution in [2.45, 2.75) is 18.2 Å². The van der Waals surface area contributed by atoms with Gasteiger partial charge in [0.15, 0.2) is 5.82 Å². The van der Waals surface area contributed by atoms with Gasteiger partial charge in [0, 0.05) is 29.4 Å². The summed E-state index contributed by atoms with van der Waals surface area (Å²) in [4.78, 5) is 30.6. The number of carbonyl (C=O) groups is 2. The number of aromatic nitrogens is 3. The molecule has 11 heteroatoms. The summed E-state index contributed by atoms with van der Waals surface area (Å²) in [5.74, 6) is -2.48. The lowest BCUT2D eigenvalue weighted by Crippen LogP contribution is -2.61. The number of methoxy groups -OCH3 is 1. The highest BCUT2D eigenvalue weighted by atomic mass is 35.5. The van der Waals surface area contributed by atoms with E-state index in [0.717, 1.165) is 5.56 Å². The highest BCUT2D eigenvalue weighted by molar-refractivity contribution is 6.31. The Morgan fingerprint density at radius 1 is 1.10 bits per heavy atom. The Labute approximate surface area is 229 Å². The number of benzene rings is 2. The van der Waals surface area contributed by atoms with Gasteiger partial charge < -0.3 is 25.3 Å². The number of rotatable bonds is 9. The Kier molecular flexibility index (Phi) is 7.20. The predicted molar refractivity (Wildman–Crippen MR) is 143 cm³/mol. The predicted octanol–water partition coefficient (Wildman–Crippen LogP) is 3.64. The Morgan fingerprint density at radius 2 is 1.87 bits per heavy atom. The summed E-state index contributed by atoms with van der Waals surface area (Å²) in [6, 6.07) is 18.5. The molecule has 1 atom stereocenters. The van der Waals surface area contributed by atoms with Crippen LogP contribution in [0.3, 0.4) is 0 Å². The summed E-state index contributed by atoms with van der Waals surface area (Å²) in [5, 5.41) is 8.01. The zero-order valence-electron chi connectivity index (χ0n) is 20.8. The number of nitrogens with two attached hydrogens (primary N) is 1. The van der Waals surface area contributed by atoms with Gasteiger partial charge in [0.2, 0.25) is 0 Å². The van der Waals surface area contributed by atoms with Gasteiger partial charge in [-0.15, -0.1) is 0 Å². The first kappa shape index (κ1) is 25.8. The quantitative estimate of drug-likeness (QED) is 0.328. The molecule has 5 rings (SSSR count). The highest BCUT2D eigenvalue weighted by Gasteiger charge is 2.51. The van der Waals surface area contributed by atoms with Crippen LogP contribution < -0.4 is 15.8 Å². The standard InChI is InChI=1S/C28H24ClN5O5/c1-37-23-10-9-19(29)17-21(23)22-11-13-34(33-22)25-20(8-5-12-31-25)26(35)32-24(16-18-6-3-2-4-7-18)28(27(30)36)38-14-15-39-28/h2-15,17,24H,16H2,1H3,(H2,30,36)(H,32,35). The number of ether oxygens (including phenoxy) is 3. The average Bonchev–Trinajstić information content (AvgIpc) is 3.65. The molecule has 2 amide bonds. The SMILES string of the molecule is COc1ccc(Cl)cc1-c1ccn(-c2ncccc2C(=O)NC(Cc2ccccc2)C2(C(N)=O)OC=CO2)n1. The number of nitrogens with zero attached hydrogens (tertiary/aromatic N) is 3. The topological polar surface area (TPSA) is 131 Å². The summed E-state index contributed by atoms with van der Waals surface area (Å²) >= 11 is 6.19. The summed E-state index contributed by atoms with van der Waals surface area (Å²) in [6.45, 7) is 0. The molecule has 3 heterocycles. The molecule has 0 spiro atoms. The number of hydrogen-bond donors (Lipinski definition) is 2. The third kappa shape index (κ3) is 5.14. The number of halogens is 1. The van der Waals surface area contributed by atoms with Gasteiger partial charge in [-0.25, -0.2) is 9.67 Å². The van der Waals surface area contributed by atoms with E-state index in [-0.39, 0.29) is 17.8 Å². The van der Waals surface area contributed by atoms with Crippen LogP contribution in [0.25, 0.3) is 17.1 Å². The summed E-state index contributed by atoms with van der Waals surface area (Å²) < 4.78 is 18.0. The lowest BCUT2D eigenvalue weighted by atomic mass is 9.97. The zero-order valence-corrected chi connectivity index (χ0v) is 21.5. The summed E-state index contributed by atoms with van der Waals surface area (Å²) in [7, 11) is 1.56. The van der Waals surface area contributed by atoms with Crippen molar-refractivity contribution in [3.05, 3.63) is 108 Å². The Morgan fingerprint density at radius 3 is 2.59 bits per heavy atom. The normalized spacial score (nSPS) is 14.2. The maximum atomic E-state index is 13.7. The van der Waals surface area contributed by atoms with E-state index in [2.05, 4.69) is 15.4 Å². The van der Waals surface area contributed by atoms with Crippen LogP contribution in [0.1, 0.15) is 15.9 Å². The molecule has 198 valence electrons. The highest BCUT2D eigenvalue weighted by Crippen LogP contribution is 2.32. The molecule has 0 radical (unpaired) electrons. The molecule has 0 aliphatic carbocycles. The van der Waals surface area contributed by atoms with Gasteiger partial charge in [-0.3, -0.25) is 9.59 Å². The molecule has 2 aromatic carbocycles. The lowest BCUT2D eigenvalue weighted by molar-refractivity contribution is -0.182. The first-order valence-electron chi connectivity index (χ1n) is 11.9. The van der Waals surface area contributed by atoms with Gasteiger partial charge in [0.05, 0.1) is 18.4 Å². The molecular weight excluding hydrogens is 522 g/mol. The number of hydrogen-bond acceptors (Lipinski definition) is 7. The summed E-state index contributed by atoms with van der Waals surface area (Å²) in [5.41, 5.74) is 7.98. The van der Waals surface area contributed by atoms with E-state index in [4.69, 9.17) is 31.5 Å². The van der Waals surface area contributed by atoms with Crippen LogP contribution >= 0.6 is 11.6 Å². The van der Waals surface area contributed by atoms with Crippen molar-refractivity contribution in [2.75, 3.05) is 7.11 Å². The van der Waals surface area contributed by atoms with Crippen LogP contribution in [0.15, 0.2) is 91.6 Å². The minimum atomic E-state index is -1.92. The van der Waals surface area contributed by atoms with Crippen molar-refractivity contribution in [1.82, 2.24) is 20.1 Å². The Hall–Kier alpha value is -4.83. The molecule has 1 aliphatic rings. The maximum absolute atomic E-state index is 13.7. The molecule has 1 aliphatic heterocycles. The fourth-order valence-corrected chi connectivity index (χ4v) is 4.50. The smallest absolute Gasteiger partial charge is 0.352 e. The third-order valence-corrected chi connectivity index (χ3v) is 6.44. The van der Waals surface area contributed by atoms with E-state index in [1.807, 2.05) is 30.3 Å². The second-order valence-electron chi connectivity index (χ2n) is 8.62. The molecule has 39 heavy (non-hydrogen) atoms. The molecule has 0 saturated heterocycles. The van der Waals surface area contributed by atoms with E-state index >= 15 is 0 Å². The van der Waals surface area contributed by atoms with E-state index in [0.29, 0.717) is 22.0 Å². The van der Waals surface area contributed by atoms with Gasteiger partial charge in [-0.2, -0.15) is 5.10 Å². The second kappa shape index (κ2) is 10.9. The van der Waals surface area contributed by atoms with Crippen molar-refractivity contribution in [3.63, 3.8) is 0 Å². The number of amides is 2. The molecule has 0 bridgehead atoms. The van der Waals surface area contributed by atoms with Gasteiger partial charge in [-0.1, -0.05) is 41.9 Å². The third-order valence-electron chi connectivity index (χ3n) is 6.21. The van der Waals surface area contributed by atoms with Crippen LogP contribution in [0, 0.1) is 0 Å². The van der Waals surface area contributed by atoms with E-state index in [1.165, 1.54) is 17.2 Å². The molecular formula is C28H24ClN5O5. The van der Waals surface area contributed by atoms with Gasteiger partial charge in [-0.05, 0) is 42.0 Å². The number of carbonyl (C=O) groups excluding carboxylic acids is 2. The minimum Gasteiger partial charge on any atom is -0.496 e. The first-order chi connectivity index (χ1) is 18.9. The lowest BCUT2D eigenvalue weighted by Gasteiger charge is -2.33. The fraction of sp³-hybridized carbons (Fsp3) is 0.143. The Balaban J connectivity index is 1.48. The number of primary amides is 1. The van der Waals surface area contributed by atoms with Gasteiger partial charge in [0.25, 0.3) is 5.91 Å². The van der Waals surface area contributed by atoms with Crippen LogP contribution in [0.4, 0.5) is 0 Å². The van der Waals surface area contributed by atoms with Crippen molar-refractivity contribution in [2.24, 2.45) is 5.73 Å². The van der Waals surface area contributed by atoms with E-state index in [1.54, 1.807) is 55.9 Å². The first-order valence-corrected chi connectivity index (χ1v) is 12.3. The van der Waals surface area contributed by atoms with Crippen molar-refractivity contribution in [1.29, 1.82) is 0 Å². The Bertz CT molecular complexity index is 1530. The molecule has 4 aromatic rings. The van der Waals surface area contributed by atoms with Crippen LogP contribution in [-0.4, -0.2) is 45.5 Å². The maximum Gasteiger partial charge on any atom is 0.352 e.